The molecule has 1 fully saturated rings. The zero-order valence-corrected chi connectivity index (χ0v) is 14.7. The predicted molar refractivity (Wildman–Crippen MR) is 94.1 cm³/mol. The third kappa shape index (κ3) is 3.93. The third-order valence-corrected chi connectivity index (χ3v) is 4.62. The molecule has 0 aliphatic carbocycles. The van der Waals surface area contributed by atoms with Crippen LogP contribution < -0.4 is 5.32 Å². The summed E-state index contributed by atoms with van der Waals surface area (Å²) in [6.45, 7) is 7.09. The van der Waals surface area contributed by atoms with Crippen LogP contribution in [0.25, 0.3) is 10.1 Å². The molecule has 2 aromatic rings. The standard InChI is InChI=1S/C17H23N3O2S/c1-17(2,3)22-16(21)20-10-6-7-12(11-20)18-15-13-8-4-5-9-14(13)23-19-15/h4-5,8-9,12H,6-7,10-11H2,1-3H3,(H,18,19)/t12-/m0/s1. The molecule has 124 valence electrons. The van der Waals surface area contributed by atoms with Gasteiger partial charge in [0.1, 0.15) is 11.4 Å². The Morgan fingerprint density at radius 3 is 2.96 bits per heavy atom. The molecule has 0 radical (unpaired) electrons. The Kier molecular flexibility index (Phi) is 4.43. The quantitative estimate of drug-likeness (QED) is 0.898. The zero-order chi connectivity index (χ0) is 16.4. The van der Waals surface area contributed by atoms with E-state index in [-0.39, 0.29) is 12.1 Å². The maximum Gasteiger partial charge on any atom is 0.410 e. The molecule has 1 aromatic carbocycles. The van der Waals surface area contributed by atoms with Crippen LogP contribution in [0.5, 0.6) is 0 Å². The van der Waals surface area contributed by atoms with Gasteiger partial charge in [0.25, 0.3) is 0 Å². The van der Waals surface area contributed by atoms with Crippen molar-refractivity contribution in [2.24, 2.45) is 0 Å². The Hall–Kier alpha value is -1.82. The summed E-state index contributed by atoms with van der Waals surface area (Å²) in [7, 11) is 0. The molecular formula is C17H23N3O2S. The van der Waals surface area contributed by atoms with E-state index in [0.29, 0.717) is 6.54 Å². The zero-order valence-electron chi connectivity index (χ0n) is 13.8. The number of anilines is 1. The van der Waals surface area contributed by atoms with E-state index in [1.54, 1.807) is 4.90 Å². The second-order valence-electron chi connectivity index (χ2n) is 6.94. The Morgan fingerprint density at radius 2 is 2.17 bits per heavy atom. The molecule has 1 aromatic heterocycles. The van der Waals surface area contributed by atoms with Crippen molar-refractivity contribution in [3.8, 4) is 0 Å². The molecule has 0 bridgehead atoms. The number of ether oxygens (including phenoxy) is 1. The average Bonchev–Trinajstić information content (AvgIpc) is 2.89. The van der Waals surface area contributed by atoms with E-state index < -0.39 is 5.60 Å². The van der Waals surface area contributed by atoms with E-state index >= 15 is 0 Å². The first-order chi connectivity index (χ1) is 10.9. The van der Waals surface area contributed by atoms with E-state index in [4.69, 9.17) is 4.74 Å². The highest BCUT2D eigenvalue weighted by molar-refractivity contribution is 7.13. The molecule has 1 amide bonds. The van der Waals surface area contributed by atoms with Crippen LogP contribution >= 0.6 is 11.5 Å². The molecule has 0 spiro atoms. The fourth-order valence-corrected chi connectivity index (χ4v) is 3.51. The van der Waals surface area contributed by atoms with Crippen LogP contribution in [-0.4, -0.2) is 40.1 Å². The smallest absolute Gasteiger partial charge is 0.410 e. The summed E-state index contributed by atoms with van der Waals surface area (Å²) < 4.78 is 11.2. The van der Waals surface area contributed by atoms with Gasteiger partial charge in [-0.05, 0) is 57.3 Å². The van der Waals surface area contributed by atoms with E-state index in [2.05, 4.69) is 21.8 Å². The van der Waals surface area contributed by atoms with Gasteiger partial charge in [-0.3, -0.25) is 0 Å². The number of amides is 1. The van der Waals surface area contributed by atoms with E-state index in [1.807, 2.05) is 32.9 Å². The molecule has 2 heterocycles. The normalized spacial score (nSPS) is 18.9. The first kappa shape index (κ1) is 16.1. The SMILES string of the molecule is CC(C)(C)OC(=O)N1CCC[C@H](Nc2nsc3ccccc23)C1. The molecular weight excluding hydrogens is 310 g/mol. The highest BCUT2D eigenvalue weighted by Gasteiger charge is 2.28. The summed E-state index contributed by atoms with van der Waals surface area (Å²) >= 11 is 1.50. The van der Waals surface area contributed by atoms with Crippen LogP contribution in [0.4, 0.5) is 10.6 Å². The minimum absolute atomic E-state index is 0.210. The topological polar surface area (TPSA) is 54.5 Å². The number of likely N-dealkylation sites (tertiary alicyclic amines) is 1. The average molecular weight is 333 g/mol. The number of hydrogen-bond donors (Lipinski definition) is 1. The van der Waals surface area contributed by atoms with Gasteiger partial charge in [0.2, 0.25) is 0 Å². The second-order valence-corrected chi connectivity index (χ2v) is 7.74. The number of aromatic nitrogens is 1. The minimum atomic E-state index is -0.456. The van der Waals surface area contributed by atoms with Crippen LogP contribution in [0, 0.1) is 0 Å². The fourth-order valence-electron chi connectivity index (χ4n) is 2.77. The van der Waals surface area contributed by atoms with Crippen LogP contribution in [0.15, 0.2) is 24.3 Å². The van der Waals surface area contributed by atoms with Gasteiger partial charge in [0.05, 0.1) is 4.70 Å². The Balaban J connectivity index is 1.66. The number of hydrogen-bond acceptors (Lipinski definition) is 5. The highest BCUT2D eigenvalue weighted by atomic mass is 32.1. The van der Waals surface area contributed by atoms with Gasteiger partial charge in [0, 0.05) is 24.5 Å². The number of piperidine rings is 1. The largest absolute Gasteiger partial charge is 0.444 e. The van der Waals surface area contributed by atoms with Gasteiger partial charge in [-0.1, -0.05) is 12.1 Å². The van der Waals surface area contributed by atoms with Crippen LogP contribution in [0.2, 0.25) is 0 Å². The van der Waals surface area contributed by atoms with Gasteiger partial charge in [-0.25, -0.2) is 4.79 Å². The summed E-state index contributed by atoms with van der Waals surface area (Å²) in [6, 6.07) is 8.41. The number of benzene rings is 1. The van der Waals surface area contributed by atoms with Gasteiger partial charge in [0.15, 0.2) is 0 Å². The molecule has 1 aliphatic heterocycles. The van der Waals surface area contributed by atoms with Gasteiger partial charge in [-0.2, -0.15) is 4.37 Å². The summed E-state index contributed by atoms with van der Waals surface area (Å²) in [5, 5.41) is 4.65. The summed E-state index contributed by atoms with van der Waals surface area (Å²) in [5.74, 6) is 0.918. The van der Waals surface area contributed by atoms with Crippen molar-refractivity contribution >= 4 is 33.5 Å². The Bertz CT molecular complexity index is 692. The van der Waals surface area contributed by atoms with Crippen LogP contribution in [0.3, 0.4) is 0 Å². The fraction of sp³-hybridized carbons (Fsp3) is 0.529. The monoisotopic (exact) mass is 333 g/mol. The molecule has 5 nitrogen and oxygen atoms in total. The highest BCUT2D eigenvalue weighted by Crippen LogP contribution is 2.28. The van der Waals surface area contributed by atoms with Crippen molar-refractivity contribution in [2.75, 3.05) is 18.4 Å². The van der Waals surface area contributed by atoms with E-state index in [9.17, 15) is 4.79 Å². The third-order valence-electron chi connectivity index (χ3n) is 3.79. The predicted octanol–water partition coefficient (Wildman–Crippen LogP) is 4.11. The number of rotatable bonds is 2. The number of nitrogens with zero attached hydrogens (tertiary/aromatic N) is 2. The van der Waals surface area contributed by atoms with Gasteiger partial charge >= 0.3 is 6.09 Å². The molecule has 3 rings (SSSR count). The molecule has 0 unspecified atom stereocenters. The second kappa shape index (κ2) is 6.35. The Morgan fingerprint density at radius 1 is 1.39 bits per heavy atom. The van der Waals surface area contributed by atoms with Crippen molar-refractivity contribution < 1.29 is 9.53 Å². The Labute approximate surface area is 140 Å². The van der Waals surface area contributed by atoms with Crippen LogP contribution in [0.1, 0.15) is 33.6 Å². The number of carbonyl (C=O) groups excluding carboxylic acids is 1. The van der Waals surface area contributed by atoms with Crippen molar-refractivity contribution in [3.05, 3.63) is 24.3 Å². The molecule has 1 atom stereocenters. The van der Waals surface area contributed by atoms with Gasteiger partial charge in [-0.15, -0.1) is 0 Å². The lowest BCUT2D eigenvalue weighted by molar-refractivity contribution is 0.0206. The first-order valence-corrected chi connectivity index (χ1v) is 8.78. The molecule has 23 heavy (non-hydrogen) atoms. The summed E-state index contributed by atoms with van der Waals surface area (Å²) in [4.78, 5) is 14.0. The van der Waals surface area contributed by atoms with Crippen LogP contribution in [-0.2, 0) is 4.74 Å². The van der Waals surface area contributed by atoms with Gasteiger partial charge < -0.3 is 15.0 Å². The summed E-state index contributed by atoms with van der Waals surface area (Å²) in [6.07, 6.45) is 1.77. The maximum absolute atomic E-state index is 12.2. The van der Waals surface area contributed by atoms with Crippen molar-refractivity contribution in [3.63, 3.8) is 0 Å². The first-order valence-electron chi connectivity index (χ1n) is 8.01. The number of nitrogens with one attached hydrogen (secondary N) is 1. The van der Waals surface area contributed by atoms with E-state index in [0.717, 1.165) is 30.6 Å². The molecule has 1 aliphatic rings. The van der Waals surface area contributed by atoms with E-state index in [1.165, 1.54) is 16.2 Å². The van der Waals surface area contributed by atoms with Crippen molar-refractivity contribution in [2.45, 2.75) is 45.3 Å². The number of fused-ring (bicyclic) bond motifs is 1. The number of carbonyl (C=O) groups is 1. The molecule has 0 saturated carbocycles. The lowest BCUT2D eigenvalue weighted by atomic mass is 10.1. The maximum atomic E-state index is 12.2. The lowest BCUT2D eigenvalue weighted by Gasteiger charge is -2.34. The van der Waals surface area contributed by atoms with Crippen molar-refractivity contribution in [1.29, 1.82) is 0 Å². The molecule has 1 saturated heterocycles. The minimum Gasteiger partial charge on any atom is -0.444 e. The molecule has 1 N–H and O–H groups in total. The van der Waals surface area contributed by atoms with Crippen molar-refractivity contribution in [1.82, 2.24) is 9.27 Å². The molecule has 6 heteroatoms. The summed E-state index contributed by atoms with van der Waals surface area (Å²) in [5.41, 5.74) is -0.456. The lowest BCUT2D eigenvalue weighted by Crippen LogP contribution is -2.47.